The van der Waals surface area contributed by atoms with E-state index in [1.165, 1.54) is 6.26 Å². The molecule has 34 valence electrons. The van der Waals surface area contributed by atoms with E-state index in [-0.39, 0.29) is 36.9 Å². The minimum Gasteiger partial charge on any atom is -1.00 e. The molecule has 0 aliphatic carbocycles. The van der Waals surface area contributed by atoms with Crippen LogP contribution in [0, 0.1) is 0 Å². The van der Waals surface area contributed by atoms with Crippen LogP contribution < -0.4 is 29.6 Å². The predicted molar refractivity (Wildman–Crippen MR) is 22.3 cm³/mol. The minimum atomic E-state index is -1.02. The minimum absolute atomic E-state index is 0. The Morgan fingerprint density at radius 3 is 2.17 bits per heavy atom. The molecule has 1 atom stereocenters. The Kier molecular flexibility index (Phi) is 10.4. The van der Waals surface area contributed by atoms with Crippen molar-refractivity contribution in [3.05, 3.63) is 0 Å². The van der Waals surface area contributed by atoms with Crippen molar-refractivity contribution in [2.24, 2.45) is 0 Å². The van der Waals surface area contributed by atoms with Gasteiger partial charge in [-0.15, -0.1) is 0 Å². The number of rotatable bonds is 1. The fraction of sp³-hybridized carbons (Fsp3) is 1.00. The van der Waals surface area contributed by atoms with Crippen LogP contribution in [0.15, 0.2) is 0 Å². The van der Waals surface area contributed by atoms with Crippen LogP contribution >= 0.6 is 0 Å². The first-order valence-electron chi connectivity index (χ1n) is 1.18. The number of hydrogen-bond donors (Lipinski definition) is 1. The molecule has 6 heavy (non-hydrogen) atoms. The van der Waals surface area contributed by atoms with Crippen LogP contribution in [0.3, 0.4) is 0 Å². The molecule has 0 aliphatic rings. The zero-order valence-electron chi connectivity index (χ0n) is 4.97. The van der Waals surface area contributed by atoms with Crippen molar-refractivity contribution < 1.29 is 40.3 Å². The topological polar surface area (TPSA) is 37.3 Å². The maximum Gasteiger partial charge on any atom is 1.00 e. The summed E-state index contributed by atoms with van der Waals surface area (Å²) in [5, 5.41) is 7.84. The Hall–Kier alpha value is 1.11. The molecule has 0 saturated heterocycles. The summed E-state index contributed by atoms with van der Waals surface area (Å²) < 4.78 is 9.67. The zero-order valence-corrected chi connectivity index (χ0v) is 6.79. The molecule has 0 aliphatic heterocycles. The molecular formula is C2H7NaO2S. The van der Waals surface area contributed by atoms with E-state index in [2.05, 4.69) is 0 Å². The first kappa shape index (κ1) is 10.2. The average Bonchev–Trinajstić information content (AvgIpc) is 1.38. The van der Waals surface area contributed by atoms with Crippen LogP contribution in [0.2, 0.25) is 0 Å². The Bertz CT molecular complexity index is 51.0. The Morgan fingerprint density at radius 1 is 2.00 bits per heavy atom. The molecule has 1 N–H and O–H groups in total. The van der Waals surface area contributed by atoms with Gasteiger partial charge in [0.15, 0.2) is 0 Å². The molecule has 0 saturated carbocycles. The molecule has 1 unspecified atom stereocenters. The van der Waals surface area contributed by atoms with Gasteiger partial charge in [-0.25, -0.2) is 0 Å². The summed E-state index contributed by atoms with van der Waals surface area (Å²) in [6, 6.07) is 0. The second-order valence-electron chi connectivity index (χ2n) is 0.702. The van der Waals surface area contributed by atoms with Crippen LogP contribution in [0.5, 0.6) is 0 Å². The van der Waals surface area contributed by atoms with Crippen LogP contribution in [-0.2, 0) is 10.8 Å². The van der Waals surface area contributed by atoms with Crippen molar-refractivity contribution in [3.63, 3.8) is 0 Å². The zero-order chi connectivity index (χ0) is 4.28. The molecule has 0 heterocycles. The summed E-state index contributed by atoms with van der Waals surface area (Å²) >= 11 is 0. The molecule has 0 radical (unpaired) electrons. The van der Waals surface area contributed by atoms with E-state index in [0.29, 0.717) is 0 Å². The second kappa shape index (κ2) is 6.11. The Balaban J connectivity index is -0.0000000800. The van der Waals surface area contributed by atoms with Gasteiger partial charge in [0, 0.05) is 17.1 Å². The van der Waals surface area contributed by atoms with E-state index in [1.807, 2.05) is 0 Å². The molecule has 0 aromatic heterocycles. The first-order valence-corrected chi connectivity index (χ1v) is 2.91. The smallest absolute Gasteiger partial charge is 1.00 e. The van der Waals surface area contributed by atoms with Gasteiger partial charge in [-0.3, -0.25) is 4.21 Å². The first-order chi connectivity index (χ1) is 2.27. The van der Waals surface area contributed by atoms with Gasteiger partial charge >= 0.3 is 29.6 Å². The largest absolute Gasteiger partial charge is 1.00 e. The van der Waals surface area contributed by atoms with E-state index < -0.39 is 10.8 Å². The Labute approximate surface area is 63.2 Å². The van der Waals surface area contributed by atoms with E-state index in [4.69, 9.17) is 5.11 Å². The SMILES string of the molecule is CS(=O)CO.[H-].[Na+]. The predicted octanol–water partition coefficient (Wildman–Crippen LogP) is -3.57. The van der Waals surface area contributed by atoms with E-state index >= 15 is 0 Å². The number of aliphatic hydroxyl groups is 1. The third-order valence-corrected chi connectivity index (χ3v) is 0.545. The van der Waals surface area contributed by atoms with Crippen molar-refractivity contribution in [2.75, 3.05) is 12.2 Å². The maximum atomic E-state index is 9.67. The quantitative estimate of drug-likeness (QED) is 0.362. The van der Waals surface area contributed by atoms with Gasteiger partial charge in [-0.1, -0.05) is 0 Å². The van der Waals surface area contributed by atoms with Crippen molar-refractivity contribution in [2.45, 2.75) is 0 Å². The molecule has 0 aromatic carbocycles. The third-order valence-electron chi connectivity index (χ3n) is 0.182. The molecule has 0 fully saturated rings. The monoisotopic (exact) mass is 118 g/mol. The number of hydrogen-bond acceptors (Lipinski definition) is 2. The Morgan fingerprint density at radius 2 is 2.17 bits per heavy atom. The van der Waals surface area contributed by atoms with E-state index in [1.54, 1.807) is 0 Å². The van der Waals surface area contributed by atoms with Gasteiger partial charge in [-0.05, 0) is 0 Å². The molecule has 0 spiro atoms. The van der Waals surface area contributed by atoms with Crippen molar-refractivity contribution in [3.8, 4) is 0 Å². The molecule has 0 rings (SSSR count). The van der Waals surface area contributed by atoms with Crippen LogP contribution in [0.25, 0.3) is 0 Å². The van der Waals surface area contributed by atoms with Gasteiger partial charge in [-0.2, -0.15) is 0 Å². The third kappa shape index (κ3) is 8.92. The summed E-state index contributed by atoms with van der Waals surface area (Å²) in [6.45, 7) is 0. The molecule has 2 nitrogen and oxygen atoms in total. The summed E-state index contributed by atoms with van der Waals surface area (Å²) in [5.41, 5.74) is 0. The molecular weight excluding hydrogens is 111 g/mol. The summed E-state index contributed by atoms with van der Waals surface area (Å²) in [5.74, 6) is -0.222. The van der Waals surface area contributed by atoms with Crippen molar-refractivity contribution in [1.29, 1.82) is 0 Å². The summed E-state index contributed by atoms with van der Waals surface area (Å²) in [4.78, 5) is 0. The van der Waals surface area contributed by atoms with Gasteiger partial charge in [0.1, 0.15) is 5.94 Å². The van der Waals surface area contributed by atoms with Crippen LogP contribution in [0.1, 0.15) is 1.43 Å². The van der Waals surface area contributed by atoms with Crippen molar-refractivity contribution in [1.82, 2.24) is 0 Å². The standard InChI is InChI=1S/C2H6O2S.Na.H/c1-5(4)2-3;;/h3H,2H2,1H3;;/q;+1;-1. The van der Waals surface area contributed by atoms with E-state index in [9.17, 15) is 4.21 Å². The summed E-state index contributed by atoms with van der Waals surface area (Å²) in [7, 11) is -1.02. The fourth-order valence-corrected chi connectivity index (χ4v) is 0. The molecule has 0 bridgehead atoms. The second-order valence-corrected chi connectivity index (χ2v) is 2.11. The average molecular weight is 118 g/mol. The molecule has 4 heteroatoms. The van der Waals surface area contributed by atoms with Crippen molar-refractivity contribution >= 4 is 10.8 Å². The van der Waals surface area contributed by atoms with Gasteiger partial charge in [0.2, 0.25) is 0 Å². The molecule has 0 amide bonds. The van der Waals surface area contributed by atoms with Crippen LogP contribution in [-0.4, -0.2) is 21.5 Å². The van der Waals surface area contributed by atoms with Gasteiger partial charge < -0.3 is 6.53 Å². The normalized spacial score (nSPS) is 12.3. The fourth-order valence-electron chi connectivity index (χ4n) is 0. The van der Waals surface area contributed by atoms with Gasteiger partial charge in [0.05, 0.1) is 0 Å². The maximum absolute atomic E-state index is 9.67. The van der Waals surface area contributed by atoms with Crippen LogP contribution in [0.4, 0.5) is 0 Å². The molecule has 0 aromatic rings. The summed E-state index contributed by atoms with van der Waals surface area (Å²) in [6.07, 6.45) is 1.44. The van der Waals surface area contributed by atoms with Gasteiger partial charge in [0.25, 0.3) is 0 Å². The number of aliphatic hydroxyl groups excluding tert-OH is 1. The van der Waals surface area contributed by atoms with E-state index in [0.717, 1.165) is 0 Å².